The third-order valence-electron chi connectivity index (χ3n) is 5.97. The van der Waals surface area contributed by atoms with Crippen molar-refractivity contribution in [3.05, 3.63) is 30.3 Å². The summed E-state index contributed by atoms with van der Waals surface area (Å²) in [7, 11) is -2.91. The fourth-order valence-corrected chi connectivity index (χ4v) is 6.07. The number of Topliss-reactive ketones (excluding diaryl/α,β-unsaturated/α-hetero) is 1. The van der Waals surface area contributed by atoms with Crippen molar-refractivity contribution in [1.82, 2.24) is 9.80 Å². The maximum atomic E-state index is 13.0. The predicted molar refractivity (Wildman–Crippen MR) is 111 cm³/mol. The van der Waals surface area contributed by atoms with E-state index in [0.717, 1.165) is 5.69 Å². The third-order valence-corrected chi connectivity index (χ3v) is 7.72. The highest BCUT2D eigenvalue weighted by Crippen LogP contribution is 2.26. The quantitative estimate of drug-likeness (QED) is 0.709. The van der Waals surface area contributed by atoms with E-state index in [-0.39, 0.29) is 29.2 Å². The third kappa shape index (κ3) is 4.20. The van der Waals surface area contributed by atoms with Crippen molar-refractivity contribution < 1.29 is 18.0 Å². The van der Waals surface area contributed by atoms with Crippen LogP contribution in [0.1, 0.15) is 19.8 Å². The minimum absolute atomic E-state index is 0.0207. The second-order valence-electron chi connectivity index (χ2n) is 7.94. The molecular weight excluding hydrogens is 392 g/mol. The number of benzene rings is 1. The van der Waals surface area contributed by atoms with Crippen LogP contribution in [0.4, 0.5) is 5.69 Å². The number of hydrogen-bond acceptors (Lipinski definition) is 7. The molecular formula is C20H26N4O4S. The van der Waals surface area contributed by atoms with Gasteiger partial charge in [-0.15, -0.1) is 0 Å². The number of carbonyl (C=O) groups excluding carboxylic acids is 2. The zero-order valence-corrected chi connectivity index (χ0v) is 17.3. The van der Waals surface area contributed by atoms with E-state index >= 15 is 0 Å². The van der Waals surface area contributed by atoms with Crippen LogP contribution in [0, 0.1) is 0 Å². The highest BCUT2D eigenvalue weighted by atomic mass is 32.2. The molecule has 3 aliphatic rings. The molecule has 2 unspecified atom stereocenters. The number of piperazine rings is 1. The van der Waals surface area contributed by atoms with Crippen molar-refractivity contribution in [3.8, 4) is 0 Å². The molecule has 0 bridgehead atoms. The van der Waals surface area contributed by atoms with Crippen LogP contribution < -0.4 is 5.01 Å². The molecule has 3 heterocycles. The van der Waals surface area contributed by atoms with Crippen molar-refractivity contribution >= 4 is 32.9 Å². The lowest BCUT2D eigenvalue weighted by Crippen LogP contribution is -2.53. The van der Waals surface area contributed by atoms with Gasteiger partial charge in [-0.2, -0.15) is 5.10 Å². The van der Waals surface area contributed by atoms with Crippen molar-refractivity contribution in [1.29, 1.82) is 0 Å². The Labute approximate surface area is 171 Å². The highest BCUT2D eigenvalue weighted by Gasteiger charge is 2.38. The van der Waals surface area contributed by atoms with Gasteiger partial charge in [-0.3, -0.25) is 19.5 Å². The molecule has 9 heteroatoms. The van der Waals surface area contributed by atoms with E-state index < -0.39 is 15.9 Å². The van der Waals surface area contributed by atoms with Crippen LogP contribution >= 0.6 is 0 Å². The topological polar surface area (TPSA) is 90.4 Å². The van der Waals surface area contributed by atoms with E-state index in [1.807, 2.05) is 30.3 Å². The summed E-state index contributed by atoms with van der Waals surface area (Å²) in [5.74, 6) is 0.330. The predicted octanol–water partition coefficient (Wildman–Crippen LogP) is 0.542. The molecule has 1 amide bonds. The molecule has 0 N–H and O–H groups in total. The average Bonchev–Trinajstić information content (AvgIpc) is 3.32. The highest BCUT2D eigenvalue weighted by molar-refractivity contribution is 7.91. The number of rotatable bonds is 4. The first-order valence-electron chi connectivity index (χ1n) is 10.00. The van der Waals surface area contributed by atoms with Crippen molar-refractivity contribution in [3.63, 3.8) is 0 Å². The summed E-state index contributed by atoms with van der Waals surface area (Å²) >= 11 is 0. The lowest BCUT2D eigenvalue weighted by atomic mass is 10.1. The molecule has 1 aromatic carbocycles. The van der Waals surface area contributed by atoms with Gasteiger partial charge in [0, 0.05) is 38.6 Å². The summed E-state index contributed by atoms with van der Waals surface area (Å²) in [5.41, 5.74) is 1.20. The smallest absolute Gasteiger partial charge is 0.270 e. The van der Waals surface area contributed by atoms with Crippen LogP contribution in [0.5, 0.6) is 0 Å². The SMILES string of the molecule is CC(=O)C1CC(C(=O)N2CCN(C3CCS(=O)(=O)C3)CC2)=NN1c1ccccc1. The van der Waals surface area contributed by atoms with Gasteiger partial charge in [0.25, 0.3) is 5.91 Å². The lowest BCUT2D eigenvalue weighted by Gasteiger charge is -2.37. The van der Waals surface area contributed by atoms with Crippen LogP contribution in [0.15, 0.2) is 35.4 Å². The molecule has 0 saturated carbocycles. The van der Waals surface area contributed by atoms with Gasteiger partial charge in [0.05, 0.1) is 17.2 Å². The number of sulfone groups is 1. The van der Waals surface area contributed by atoms with Crippen molar-refractivity contribution in [2.45, 2.75) is 31.8 Å². The molecule has 3 aliphatic heterocycles. The molecule has 2 atom stereocenters. The van der Waals surface area contributed by atoms with Crippen molar-refractivity contribution in [2.75, 3.05) is 42.7 Å². The summed E-state index contributed by atoms with van der Waals surface area (Å²) in [6.45, 7) is 3.95. The molecule has 1 aromatic rings. The summed E-state index contributed by atoms with van der Waals surface area (Å²) in [4.78, 5) is 29.1. The summed E-state index contributed by atoms with van der Waals surface area (Å²) in [5, 5.41) is 6.14. The maximum absolute atomic E-state index is 13.0. The van der Waals surface area contributed by atoms with Crippen LogP contribution in [0.3, 0.4) is 0 Å². The average molecular weight is 419 g/mol. The monoisotopic (exact) mass is 418 g/mol. The van der Waals surface area contributed by atoms with E-state index in [0.29, 0.717) is 44.7 Å². The minimum Gasteiger partial charge on any atom is -0.335 e. The van der Waals surface area contributed by atoms with Crippen molar-refractivity contribution in [2.24, 2.45) is 5.10 Å². The maximum Gasteiger partial charge on any atom is 0.270 e. The van der Waals surface area contributed by atoms with Gasteiger partial charge in [-0.1, -0.05) is 18.2 Å². The van der Waals surface area contributed by atoms with Gasteiger partial charge in [0.1, 0.15) is 11.8 Å². The molecule has 0 aliphatic carbocycles. The standard InChI is InChI=1S/C20H26N4O4S/c1-15(25)19-13-18(21-24(19)16-5-3-2-4-6-16)20(26)23-10-8-22(9-11-23)17-7-12-29(27,28)14-17/h2-6,17,19H,7-14H2,1H3. The van der Waals surface area contributed by atoms with Gasteiger partial charge in [0.15, 0.2) is 15.6 Å². The number of anilines is 1. The summed E-state index contributed by atoms with van der Waals surface area (Å²) in [6.07, 6.45) is 0.986. The van der Waals surface area contributed by atoms with Gasteiger partial charge >= 0.3 is 0 Å². The number of carbonyl (C=O) groups is 2. The molecule has 4 rings (SSSR count). The zero-order valence-electron chi connectivity index (χ0n) is 16.5. The van der Waals surface area contributed by atoms with Gasteiger partial charge in [-0.05, 0) is 25.5 Å². The minimum atomic E-state index is -2.91. The number of hydrogen-bond donors (Lipinski definition) is 0. The fraction of sp³-hybridized carbons (Fsp3) is 0.550. The van der Waals surface area contributed by atoms with Gasteiger partial charge in [-0.25, -0.2) is 8.42 Å². The summed E-state index contributed by atoms with van der Waals surface area (Å²) in [6, 6.07) is 9.02. The number of ketones is 1. The fourth-order valence-electron chi connectivity index (χ4n) is 4.31. The normalized spacial score (nSPS) is 27.1. The molecule has 2 saturated heterocycles. The Bertz CT molecular complexity index is 923. The van der Waals surface area contributed by atoms with E-state index in [1.54, 1.807) is 9.91 Å². The number of hydrazone groups is 1. The Morgan fingerprint density at radius 1 is 1.07 bits per heavy atom. The second kappa shape index (κ2) is 7.87. The largest absolute Gasteiger partial charge is 0.335 e. The van der Waals surface area contributed by atoms with E-state index in [1.165, 1.54) is 6.92 Å². The molecule has 0 aromatic heterocycles. The first-order chi connectivity index (χ1) is 13.8. The van der Waals surface area contributed by atoms with Crippen LogP contribution in [0.25, 0.3) is 0 Å². The second-order valence-corrected chi connectivity index (χ2v) is 10.2. The Hall–Kier alpha value is -2.26. The molecule has 156 valence electrons. The van der Waals surface area contributed by atoms with Gasteiger partial charge in [0.2, 0.25) is 0 Å². The number of nitrogens with zero attached hydrogens (tertiary/aromatic N) is 4. The molecule has 29 heavy (non-hydrogen) atoms. The van der Waals surface area contributed by atoms with E-state index in [9.17, 15) is 18.0 Å². The molecule has 0 spiro atoms. The zero-order chi connectivity index (χ0) is 20.6. The lowest BCUT2D eigenvalue weighted by molar-refractivity contribution is -0.126. The Balaban J connectivity index is 1.41. The van der Waals surface area contributed by atoms with Crippen LogP contribution in [0.2, 0.25) is 0 Å². The van der Waals surface area contributed by atoms with E-state index in [2.05, 4.69) is 10.0 Å². The molecule has 2 fully saturated rings. The molecule has 8 nitrogen and oxygen atoms in total. The van der Waals surface area contributed by atoms with Crippen LogP contribution in [-0.2, 0) is 19.4 Å². The summed E-state index contributed by atoms with van der Waals surface area (Å²) < 4.78 is 23.4. The Kier molecular flexibility index (Phi) is 5.44. The Morgan fingerprint density at radius 3 is 2.34 bits per heavy atom. The molecule has 0 radical (unpaired) electrons. The first-order valence-corrected chi connectivity index (χ1v) is 11.8. The number of amides is 1. The Morgan fingerprint density at radius 2 is 1.76 bits per heavy atom. The van der Waals surface area contributed by atoms with Crippen LogP contribution in [-0.4, -0.2) is 85.4 Å². The van der Waals surface area contributed by atoms with Gasteiger partial charge < -0.3 is 4.90 Å². The van der Waals surface area contributed by atoms with E-state index in [4.69, 9.17) is 0 Å². The number of para-hydroxylation sites is 1. The first kappa shape index (κ1) is 20.0.